The monoisotopic (exact) mass is 276 g/mol. The van der Waals surface area contributed by atoms with E-state index in [4.69, 9.17) is 0 Å². The molecule has 1 aromatic carbocycles. The zero-order valence-corrected chi connectivity index (χ0v) is 12.5. The highest BCUT2D eigenvalue weighted by Gasteiger charge is 2.32. The van der Waals surface area contributed by atoms with Crippen LogP contribution < -0.4 is 10.6 Å². The lowest BCUT2D eigenvalue weighted by atomic mass is 9.80. The average molecular weight is 276 g/mol. The van der Waals surface area contributed by atoms with E-state index in [2.05, 4.69) is 22.8 Å². The van der Waals surface area contributed by atoms with E-state index >= 15 is 0 Å². The summed E-state index contributed by atoms with van der Waals surface area (Å²) in [6.07, 6.45) is 2.13. The first-order chi connectivity index (χ1) is 9.27. The van der Waals surface area contributed by atoms with E-state index in [1.807, 2.05) is 32.9 Å². The molecule has 2 amide bonds. The van der Waals surface area contributed by atoms with Gasteiger partial charge in [0.15, 0.2) is 0 Å². The van der Waals surface area contributed by atoms with E-state index in [9.17, 15) is 9.90 Å². The number of hydrogen-bond acceptors (Lipinski definition) is 2. The molecular weight excluding hydrogens is 252 g/mol. The molecule has 4 nitrogen and oxygen atoms in total. The largest absolute Gasteiger partial charge is 0.388 e. The van der Waals surface area contributed by atoms with Crippen molar-refractivity contribution in [1.82, 2.24) is 10.6 Å². The number of hydrogen-bond donors (Lipinski definition) is 3. The SMILES string of the molecule is CC(C)(C)NC(=O)NCC1(O)CCc2ccccc2C1. The zero-order chi connectivity index (χ0) is 14.8. The number of urea groups is 1. The van der Waals surface area contributed by atoms with Crippen LogP contribution >= 0.6 is 0 Å². The predicted octanol–water partition coefficient (Wildman–Crippen LogP) is 2.00. The highest BCUT2D eigenvalue weighted by atomic mass is 16.3. The van der Waals surface area contributed by atoms with Crippen molar-refractivity contribution in [2.45, 2.75) is 51.2 Å². The molecule has 0 spiro atoms. The Labute approximate surface area is 120 Å². The summed E-state index contributed by atoms with van der Waals surface area (Å²) in [5.74, 6) is 0. The summed E-state index contributed by atoms with van der Waals surface area (Å²) in [6.45, 7) is 6.07. The Morgan fingerprint density at radius 2 is 1.95 bits per heavy atom. The van der Waals surface area contributed by atoms with E-state index < -0.39 is 5.60 Å². The lowest BCUT2D eigenvalue weighted by Crippen LogP contribution is -2.52. The van der Waals surface area contributed by atoms with Crippen LogP contribution in [-0.4, -0.2) is 28.8 Å². The smallest absolute Gasteiger partial charge is 0.315 e. The van der Waals surface area contributed by atoms with E-state index in [1.165, 1.54) is 11.1 Å². The minimum Gasteiger partial charge on any atom is -0.388 e. The fraction of sp³-hybridized carbons (Fsp3) is 0.562. The second-order valence-electron chi connectivity index (χ2n) is 6.73. The van der Waals surface area contributed by atoms with Crippen LogP contribution in [0.1, 0.15) is 38.3 Å². The summed E-state index contributed by atoms with van der Waals surface area (Å²) in [5, 5.41) is 16.2. The molecule has 0 heterocycles. The van der Waals surface area contributed by atoms with Crippen LogP contribution in [0, 0.1) is 0 Å². The van der Waals surface area contributed by atoms with Crippen molar-refractivity contribution in [1.29, 1.82) is 0 Å². The Hall–Kier alpha value is -1.55. The summed E-state index contributed by atoms with van der Waals surface area (Å²) in [5.41, 5.74) is 1.37. The summed E-state index contributed by atoms with van der Waals surface area (Å²) in [4.78, 5) is 11.8. The molecule has 0 saturated carbocycles. The predicted molar refractivity (Wildman–Crippen MR) is 79.7 cm³/mol. The summed E-state index contributed by atoms with van der Waals surface area (Å²) < 4.78 is 0. The minimum absolute atomic E-state index is 0.232. The standard InChI is InChI=1S/C16H24N2O2/c1-15(2,3)18-14(19)17-11-16(20)9-8-12-6-4-5-7-13(12)10-16/h4-7,20H,8-11H2,1-3H3,(H2,17,18,19). The fourth-order valence-electron chi connectivity index (χ4n) is 2.56. The van der Waals surface area contributed by atoms with Crippen LogP contribution in [0.4, 0.5) is 4.79 Å². The molecule has 1 aliphatic carbocycles. The Kier molecular flexibility index (Phi) is 4.04. The number of nitrogens with one attached hydrogen (secondary N) is 2. The van der Waals surface area contributed by atoms with Crippen LogP contribution in [0.5, 0.6) is 0 Å². The average Bonchev–Trinajstić information content (AvgIpc) is 2.34. The lowest BCUT2D eigenvalue weighted by molar-refractivity contribution is 0.0289. The first kappa shape index (κ1) is 14.9. The molecule has 0 aliphatic heterocycles. The second kappa shape index (κ2) is 5.44. The molecule has 110 valence electrons. The number of carbonyl (C=O) groups excluding carboxylic acids is 1. The second-order valence-corrected chi connectivity index (χ2v) is 6.73. The van der Waals surface area contributed by atoms with Crippen LogP contribution in [0.25, 0.3) is 0 Å². The van der Waals surface area contributed by atoms with E-state index in [0.29, 0.717) is 12.8 Å². The number of benzene rings is 1. The van der Waals surface area contributed by atoms with Crippen LogP contribution in [0.3, 0.4) is 0 Å². The van der Waals surface area contributed by atoms with E-state index in [-0.39, 0.29) is 18.1 Å². The van der Waals surface area contributed by atoms with Gasteiger partial charge in [-0.05, 0) is 44.7 Å². The van der Waals surface area contributed by atoms with Crippen molar-refractivity contribution in [3.63, 3.8) is 0 Å². The van der Waals surface area contributed by atoms with Crippen molar-refractivity contribution in [3.8, 4) is 0 Å². The molecular formula is C16H24N2O2. The molecule has 1 aliphatic rings. The van der Waals surface area contributed by atoms with Crippen molar-refractivity contribution < 1.29 is 9.90 Å². The van der Waals surface area contributed by atoms with Gasteiger partial charge in [-0.1, -0.05) is 24.3 Å². The third-order valence-corrected chi connectivity index (χ3v) is 3.56. The quantitative estimate of drug-likeness (QED) is 0.774. The van der Waals surface area contributed by atoms with Gasteiger partial charge in [0, 0.05) is 18.5 Å². The van der Waals surface area contributed by atoms with Gasteiger partial charge in [0.05, 0.1) is 5.60 Å². The maximum atomic E-state index is 11.8. The molecule has 1 aromatic rings. The topological polar surface area (TPSA) is 61.4 Å². The maximum absolute atomic E-state index is 11.8. The normalized spacial score (nSPS) is 22.0. The molecule has 1 atom stereocenters. The summed E-state index contributed by atoms with van der Waals surface area (Å²) in [6, 6.07) is 7.94. The molecule has 4 heteroatoms. The number of amides is 2. The Balaban J connectivity index is 1.92. The number of aryl methyl sites for hydroxylation is 1. The molecule has 0 fully saturated rings. The third-order valence-electron chi connectivity index (χ3n) is 3.56. The molecule has 0 saturated heterocycles. The van der Waals surface area contributed by atoms with Gasteiger partial charge in [-0.3, -0.25) is 0 Å². The highest BCUT2D eigenvalue weighted by molar-refractivity contribution is 5.74. The maximum Gasteiger partial charge on any atom is 0.315 e. The fourth-order valence-corrected chi connectivity index (χ4v) is 2.56. The van der Waals surface area contributed by atoms with Gasteiger partial charge in [-0.15, -0.1) is 0 Å². The van der Waals surface area contributed by atoms with Gasteiger partial charge >= 0.3 is 6.03 Å². The number of rotatable bonds is 2. The lowest BCUT2D eigenvalue weighted by Gasteiger charge is -2.34. The summed E-state index contributed by atoms with van der Waals surface area (Å²) >= 11 is 0. The van der Waals surface area contributed by atoms with Crippen molar-refractivity contribution in [2.75, 3.05) is 6.54 Å². The molecule has 20 heavy (non-hydrogen) atoms. The molecule has 0 bridgehead atoms. The number of aliphatic hydroxyl groups is 1. The zero-order valence-electron chi connectivity index (χ0n) is 12.5. The number of carbonyl (C=O) groups is 1. The van der Waals surface area contributed by atoms with Gasteiger partial charge in [0.2, 0.25) is 0 Å². The van der Waals surface area contributed by atoms with Gasteiger partial charge in [0.1, 0.15) is 0 Å². The molecule has 0 aromatic heterocycles. The number of fused-ring (bicyclic) bond motifs is 1. The Bertz CT molecular complexity index is 493. The van der Waals surface area contributed by atoms with Crippen LogP contribution in [0.2, 0.25) is 0 Å². The summed E-state index contributed by atoms with van der Waals surface area (Å²) in [7, 11) is 0. The van der Waals surface area contributed by atoms with Crippen LogP contribution in [0.15, 0.2) is 24.3 Å². The molecule has 0 radical (unpaired) electrons. The molecule has 3 N–H and O–H groups in total. The van der Waals surface area contributed by atoms with Crippen LogP contribution in [-0.2, 0) is 12.8 Å². The van der Waals surface area contributed by atoms with Crippen molar-refractivity contribution in [2.24, 2.45) is 0 Å². The Morgan fingerprint density at radius 3 is 2.60 bits per heavy atom. The third kappa shape index (κ3) is 3.97. The minimum atomic E-state index is -0.844. The van der Waals surface area contributed by atoms with Gasteiger partial charge in [-0.2, -0.15) is 0 Å². The molecule has 2 rings (SSSR count). The van der Waals surface area contributed by atoms with Crippen molar-refractivity contribution >= 4 is 6.03 Å². The first-order valence-electron chi connectivity index (χ1n) is 7.13. The van der Waals surface area contributed by atoms with E-state index in [0.717, 1.165) is 6.42 Å². The highest BCUT2D eigenvalue weighted by Crippen LogP contribution is 2.28. The van der Waals surface area contributed by atoms with Gasteiger partial charge < -0.3 is 15.7 Å². The molecule has 1 unspecified atom stereocenters. The van der Waals surface area contributed by atoms with Gasteiger partial charge in [0.25, 0.3) is 0 Å². The first-order valence-corrected chi connectivity index (χ1v) is 7.13. The van der Waals surface area contributed by atoms with Gasteiger partial charge in [-0.25, -0.2) is 4.79 Å². The van der Waals surface area contributed by atoms with Crippen molar-refractivity contribution in [3.05, 3.63) is 35.4 Å². The Morgan fingerprint density at radius 1 is 1.30 bits per heavy atom. The van der Waals surface area contributed by atoms with E-state index in [1.54, 1.807) is 0 Å².